The molecule has 19 heavy (non-hydrogen) atoms. The molecule has 3 rings (SSSR count). The van der Waals surface area contributed by atoms with E-state index in [2.05, 4.69) is 15.5 Å². The van der Waals surface area contributed by atoms with Crippen molar-refractivity contribution < 1.29 is 14.7 Å². The van der Waals surface area contributed by atoms with Crippen molar-refractivity contribution >= 4 is 22.8 Å². The quantitative estimate of drug-likeness (QED) is 0.770. The predicted octanol–water partition coefficient (Wildman–Crippen LogP) is 1.16. The smallest absolute Gasteiger partial charge is 0.306 e. The number of aliphatic carboxylic acids is 1. The number of carbonyl (C=O) groups excluding carboxylic acids is 1. The maximum absolute atomic E-state index is 12.1. The van der Waals surface area contributed by atoms with Crippen molar-refractivity contribution in [2.24, 2.45) is 5.92 Å². The SMILES string of the molecule is O=C(NC1CC(C(=O)O)C1)c1cccc2cn[nH]c12. The van der Waals surface area contributed by atoms with Gasteiger partial charge < -0.3 is 10.4 Å². The third kappa shape index (κ3) is 2.05. The Labute approximate surface area is 108 Å². The lowest BCUT2D eigenvalue weighted by Gasteiger charge is -2.32. The number of benzene rings is 1. The summed E-state index contributed by atoms with van der Waals surface area (Å²) in [5, 5.41) is 19.2. The minimum atomic E-state index is -0.791. The molecular formula is C13H13N3O3. The fraction of sp³-hybridized carbons (Fsp3) is 0.308. The molecule has 0 aliphatic heterocycles. The summed E-state index contributed by atoms with van der Waals surface area (Å²) in [7, 11) is 0. The molecule has 0 spiro atoms. The molecule has 6 heteroatoms. The molecule has 1 aromatic carbocycles. The number of hydrogen-bond donors (Lipinski definition) is 3. The lowest BCUT2D eigenvalue weighted by Crippen LogP contribution is -2.46. The Morgan fingerprint density at radius 2 is 2.16 bits per heavy atom. The molecule has 1 aromatic heterocycles. The highest BCUT2D eigenvalue weighted by atomic mass is 16.4. The molecule has 1 aliphatic carbocycles. The normalized spacial score (nSPS) is 21.9. The molecule has 98 valence electrons. The number of aromatic amines is 1. The van der Waals surface area contributed by atoms with Gasteiger partial charge in [-0.05, 0) is 18.9 Å². The molecule has 3 N–H and O–H groups in total. The van der Waals surface area contributed by atoms with Gasteiger partial charge in [-0.15, -0.1) is 0 Å². The molecular weight excluding hydrogens is 246 g/mol. The van der Waals surface area contributed by atoms with Gasteiger partial charge >= 0.3 is 5.97 Å². The average molecular weight is 259 g/mol. The lowest BCUT2D eigenvalue weighted by molar-refractivity contribution is -0.145. The predicted molar refractivity (Wildman–Crippen MR) is 67.7 cm³/mol. The molecule has 0 radical (unpaired) electrons. The highest BCUT2D eigenvalue weighted by Crippen LogP contribution is 2.28. The van der Waals surface area contributed by atoms with Crippen molar-refractivity contribution in [3.63, 3.8) is 0 Å². The van der Waals surface area contributed by atoms with Gasteiger partial charge in [0.2, 0.25) is 0 Å². The number of fused-ring (bicyclic) bond motifs is 1. The highest BCUT2D eigenvalue weighted by Gasteiger charge is 2.35. The van der Waals surface area contributed by atoms with Gasteiger partial charge in [0.15, 0.2) is 0 Å². The Morgan fingerprint density at radius 3 is 2.89 bits per heavy atom. The fourth-order valence-electron chi connectivity index (χ4n) is 2.36. The Bertz CT molecular complexity index is 643. The van der Waals surface area contributed by atoms with Gasteiger partial charge in [0.25, 0.3) is 5.91 Å². The Morgan fingerprint density at radius 1 is 1.37 bits per heavy atom. The first-order valence-corrected chi connectivity index (χ1v) is 6.11. The van der Waals surface area contributed by atoms with E-state index in [-0.39, 0.29) is 17.9 Å². The largest absolute Gasteiger partial charge is 0.481 e. The maximum atomic E-state index is 12.1. The van der Waals surface area contributed by atoms with Gasteiger partial charge in [-0.25, -0.2) is 0 Å². The van der Waals surface area contributed by atoms with Crippen LogP contribution in [0.5, 0.6) is 0 Å². The number of carboxylic acids is 1. The number of amides is 1. The second-order valence-corrected chi connectivity index (χ2v) is 4.82. The van der Waals surface area contributed by atoms with Crippen LogP contribution in [-0.2, 0) is 4.79 Å². The summed E-state index contributed by atoms with van der Waals surface area (Å²) in [6.07, 6.45) is 2.66. The van der Waals surface area contributed by atoms with E-state index in [0.29, 0.717) is 23.9 Å². The zero-order valence-corrected chi connectivity index (χ0v) is 10.1. The lowest BCUT2D eigenvalue weighted by atomic mass is 9.80. The maximum Gasteiger partial charge on any atom is 0.306 e. The highest BCUT2D eigenvalue weighted by molar-refractivity contribution is 6.05. The van der Waals surface area contributed by atoms with Crippen molar-refractivity contribution in [1.82, 2.24) is 15.5 Å². The Balaban J connectivity index is 1.71. The minimum absolute atomic E-state index is 0.0493. The summed E-state index contributed by atoms with van der Waals surface area (Å²) in [6, 6.07) is 5.35. The number of hydrogen-bond acceptors (Lipinski definition) is 3. The van der Waals surface area contributed by atoms with Crippen LogP contribution < -0.4 is 5.32 Å². The van der Waals surface area contributed by atoms with E-state index in [4.69, 9.17) is 5.11 Å². The standard InChI is InChI=1S/C13H13N3O3/c17-12(15-9-4-8(5-9)13(18)19)10-3-1-2-7-6-14-16-11(7)10/h1-3,6,8-9H,4-5H2,(H,14,16)(H,15,17)(H,18,19). The summed E-state index contributed by atoms with van der Waals surface area (Å²) >= 11 is 0. The number of nitrogens with one attached hydrogen (secondary N) is 2. The van der Waals surface area contributed by atoms with E-state index in [1.54, 1.807) is 18.3 Å². The number of para-hydroxylation sites is 1. The van der Waals surface area contributed by atoms with Crippen LogP contribution >= 0.6 is 0 Å². The van der Waals surface area contributed by atoms with Gasteiger partial charge in [0, 0.05) is 11.4 Å². The zero-order valence-electron chi connectivity index (χ0n) is 10.1. The van der Waals surface area contributed by atoms with Crippen molar-refractivity contribution in [2.45, 2.75) is 18.9 Å². The van der Waals surface area contributed by atoms with Crippen LogP contribution in [-0.4, -0.2) is 33.2 Å². The van der Waals surface area contributed by atoms with E-state index in [0.717, 1.165) is 5.39 Å². The third-order valence-electron chi connectivity index (χ3n) is 3.54. The van der Waals surface area contributed by atoms with Crippen LogP contribution in [0, 0.1) is 5.92 Å². The van der Waals surface area contributed by atoms with Gasteiger partial charge in [0.05, 0.1) is 23.2 Å². The summed E-state index contributed by atoms with van der Waals surface area (Å²) in [4.78, 5) is 22.8. The fourth-order valence-corrected chi connectivity index (χ4v) is 2.36. The van der Waals surface area contributed by atoms with Crippen LogP contribution in [0.25, 0.3) is 10.9 Å². The molecule has 0 unspecified atom stereocenters. The molecule has 1 fully saturated rings. The molecule has 0 bridgehead atoms. The molecule has 6 nitrogen and oxygen atoms in total. The van der Waals surface area contributed by atoms with Gasteiger partial charge in [-0.2, -0.15) is 5.10 Å². The molecule has 2 aromatic rings. The third-order valence-corrected chi connectivity index (χ3v) is 3.54. The monoisotopic (exact) mass is 259 g/mol. The summed E-state index contributed by atoms with van der Waals surface area (Å²) in [5.41, 5.74) is 1.24. The van der Waals surface area contributed by atoms with E-state index < -0.39 is 5.97 Å². The molecule has 1 amide bonds. The molecule has 1 aliphatic rings. The first-order chi connectivity index (χ1) is 9.15. The van der Waals surface area contributed by atoms with E-state index >= 15 is 0 Å². The van der Waals surface area contributed by atoms with Crippen molar-refractivity contribution in [3.8, 4) is 0 Å². The van der Waals surface area contributed by atoms with Crippen molar-refractivity contribution in [1.29, 1.82) is 0 Å². The van der Waals surface area contributed by atoms with Gasteiger partial charge in [-0.1, -0.05) is 12.1 Å². The topological polar surface area (TPSA) is 95.1 Å². The van der Waals surface area contributed by atoms with Gasteiger partial charge in [-0.3, -0.25) is 14.7 Å². The summed E-state index contributed by atoms with van der Waals surface area (Å²) in [6.45, 7) is 0. The van der Waals surface area contributed by atoms with Crippen molar-refractivity contribution in [2.75, 3.05) is 0 Å². The number of rotatable bonds is 3. The van der Waals surface area contributed by atoms with Crippen LogP contribution in [0.1, 0.15) is 23.2 Å². The van der Waals surface area contributed by atoms with Crippen LogP contribution in [0.3, 0.4) is 0 Å². The van der Waals surface area contributed by atoms with Crippen LogP contribution in [0.4, 0.5) is 0 Å². The summed E-state index contributed by atoms with van der Waals surface area (Å²) < 4.78 is 0. The number of nitrogens with zero attached hydrogens (tertiary/aromatic N) is 1. The number of H-pyrrole nitrogens is 1. The van der Waals surface area contributed by atoms with Crippen LogP contribution in [0.2, 0.25) is 0 Å². The average Bonchev–Trinajstić information content (AvgIpc) is 2.80. The number of carboxylic acid groups (broad SMARTS) is 1. The zero-order chi connectivity index (χ0) is 13.4. The van der Waals surface area contributed by atoms with Crippen molar-refractivity contribution in [3.05, 3.63) is 30.0 Å². The molecule has 1 saturated carbocycles. The molecule has 0 atom stereocenters. The Kier molecular flexibility index (Phi) is 2.70. The van der Waals surface area contributed by atoms with Gasteiger partial charge in [0.1, 0.15) is 0 Å². The number of aromatic nitrogens is 2. The Hall–Kier alpha value is -2.37. The second kappa shape index (κ2) is 4.38. The minimum Gasteiger partial charge on any atom is -0.481 e. The molecule has 1 heterocycles. The second-order valence-electron chi connectivity index (χ2n) is 4.82. The first kappa shape index (κ1) is 11.7. The first-order valence-electron chi connectivity index (χ1n) is 6.11. The van der Waals surface area contributed by atoms with E-state index in [1.807, 2.05) is 6.07 Å². The molecule has 0 saturated heterocycles. The van der Waals surface area contributed by atoms with E-state index in [9.17, 15) is 9.59 Å². The van der Waals surface area contributed by atoms with E-state index in [1.165, 1.54) is 0 Å². The summed E-state index contributed by atoms with van der Waals surface area (Å²) in [5.74, 6) is -1.31. The van der Waals surface area contributed by atoms with Crippen LogP contribution in [0.15, 0.2) is 24.4 Å². The number of carbonyl (C=O) groups is 2.